The molecule has 1 fully saturated rings. The van der Waals surface area contributed by atoms with Gasteiger partial charge in [0.25, 0.3) is 0 Å². The van der Waals surface area contributed by atoms with Crippen LogP contribution in [0.25, 0.3) is 0 Å². The van der Waals surface area contributed by atoms with E-state index in [2.05, 4.69) is 5.32 Å². The van der Waals surface area contributed by atoms with E-state index in [1.165, 1.54) is 14.2 Å². The topological polar surface area (TPSA) is 64.6 Å². The molecule has 21 heavy (non-hydrogen) atoms. The van der Waals surface area contributed by atoms with Crippen molar-refractivity contribution in [2.45, 2.75) is 25.4 Å². The second-order valence-electron chi connectivity index (χ2n) is 5.56. The zero-order valence-corrected chi connectivity index (χ0v) is 12.8. The lowest BCUT2D eigenvalue weighted by Crippen LogP contribution is -2.50. The summed E-state index contributed by atoms with van der Waals surface area (Å²) in [6, 6.07) is 9.31. The normalized spacial score (nSPS) is 31.7. The first-order valence-corrected chi connectivity index (χ1v) is 6.94. The van der Waals surface area contributed by atoms with E-state index in [1.807, 2.05) is 37.3 Å². The van der Waals surface area contributed by atoms with Crippen LogP contribution in [0.1, 0.15) is 25.5 Å². The molecule has 1 N–H and O–H groups in total. The molecule has 1 aliphatic rings. The van der Waals surface area contributed by atoms with Gasteiger partial charge in [0, 0.05) is 6.04 Å². The molecule has 2 rings (SSSR count). The molecular weight excluding hydrogens is 270 g/mol. The van der Waals surface area contributed by atoms with Gasteiger partial charge in [-0.15, -0.1) is 0 Å². The lowest BCUT2D eigenvalue weighted by molar-refractivity contribution is -0.151. The van der Waals surface area contributed by atoms with Gasteiger partial charge in [-0.25, -0.2) is 0 Å². The van der Waals surface area contributed by atoms with Crippen molar-refractivity contribution in [3.05, 3.63) is 35.9 Å². The van der Waals surface area contributed by atoms with Gasteiger partial charge in [0.15, 0.2) is 0 Å². The molecule has 0 amide bonds. The van der Waals surface area contributed by atoms with Crippen LogP contribution in [-0.4, -0.2) is 31.7 Å². The minimum Gasteiger partial charge on any atom is -0.469 e. The second-order valence-corrected chi connectivity index (χ2v) is 5.56. The number of benzene rings is 1. The van der Waals surface area contributed by atoms with Crippen LogP contribution >= 0.6 is 0 Å². The number of hydrogen-bond donors (Lipinski definition) is 1. The van der Waals surface area contributed by atoms with Crippen molar-refractivity contribution < 1.29 is 19.1 Å². The number of carbonyl (C=O) groups excluding carboxylic acids is 2. The average Bonchev–Trinajstić information content (AvgIpc) is 2.80. The molecule has 1 aromatic carbocycles. The lowest BCUT2D eigenvalue weighted by atomic mass is 9.80. The molecule has 0 aromatic heterocycles. The van der Waals surface area contributed by atoms with E-state index < -0.39 is 11.5 Å². The Hall–Kier alpha value is -1.88. The maximum absolute atomic E-state index is 12.2. The standard InChI is InChI=1S/C16H21NO4/c1-10-12(14(18)20-3)13(11-8-6-5-7-9-11)17-16(10,2)15(19)21-4/h5-10,12-13,17H,1-4H3. The Morgan fingerprint density at radius 2 is 1.76 bits per heavy atom. The second kappa shape index (κ2) is 5.85. The summed E-state index contributed by atoms with van der Waals surface area (Å²) in [5.41, 5.74) is 0.0288. The third kappa shape index (κ3) is 2.53. The molecule has 1 aliphatic heterocycles. The molecule has 4 unspecified atom stereocenters. The zero-order chi connectivity index (χ0) is 15.6. The Kier molecular flexibility index (Phi) is 4.32. The van der Waals surface area contributed by atoms with Gasteiger partial charge in [0.1, 0.15) is 5.54 Å². The van der Waals surface area contributed by atoms with Crippen molar-refractivity contribution in [1.29, 1.82) is 0 Å². The van der Waals surface area contributed by atoms with E-state index in [0.717, 1.165) is 5.56 Å². The van der Waals surface area contributed by atoms with Crippen molar-refractivity contribution in [3.8, 4) is 0 Å². The highest BCUT2D eigenvalue weighted by Crippen LogP contribution is 2.43. The van der Waals surface area contributed by atoms with Gasteiger partial charge < -0.3 is 9.47 Å². The number of nitrogens with one attached hydrogen (secondary N) is 1. The third-order valence-corrected chi connectivity index (χ3v) is 4.51. The summed E-state index contributed by atoms with van der Waals surface area (Å²) in [4.78, 5) is 24.3. The maximum Gasteiger partial charge on any atom is 0.326 e. The largest absolute Gasteiger partial charge is 0.469 e. The summed E-state index contributed by atoms with van der Waals surface area (Å²) >= 11 is 0. The Balaban J connectivity index is 2.43. The molecule has 5 nitrogen and oxygen atoms in total. The van der Waals surface area contributed by atoms with Gasteiger partial charge in [-0.2, -0.15) is 0 Å². The van der Waals surface area contributed by atoms with Gasteiger partial charge in [0.05, 0.1) is 20.1 Å². The predicted octanol–water partition coefficient (Wildman–Crippen LogP) is 1.69. The minimum absolute atomic E-state index is 0.248. The highest BCUT2D eigenvalue weighted by Gasteiger charge is 2.56. The summed E-state index contributed by atoms with van der Waals surface area (Å²) in [6.45, 7) is 3.64. The molecule has 0 spiro atoms. The molecule has 0 aliphatic carbocycles. The van der Waals surface area contributed by atoms with E-state index in [9.17, 15) is 9.59 Å². The van der Waals surface area contributed by atoms with Crippen LogP contribution in [0.3, 0.4) is 0 Å². The van der Waals surface area contributed by atoms with E-state index in [0.29, 0.717) is 0 Å². The van der Waals surface area contributed by atoms with E-state index >= 15 is 0 Å². The summed E-state index contributed by atoms with van der Waals surface area (Å²) in [5.74, 6) is -1.39. The van der Waals surface area contributed by atoms with Gasteiger partial charge in [-0.05, 0) is 18.4 Å². The van der Waals surface area contributed by atoms with E-state index in [4.69, 9.17) is 9.47 Å². The van der Waals surface area contributed by atoms with Crippen LogP contribution in [-0.2, 0) is 19.1 Å². The fraction of sp³-hybridized carbons (Fsp3) is 0.500. The number of carbonyl (C=O) groups is 2. The van der Waals surface area contributed by atoms with Crippen LogP contribution in [0.15, 0.2) is 30.3 Å². The monoisotopic (exact) mass is 291 g/mol. The van der Waals surface area contributed by atoms with Crippen molar-refractivity contribution in [2.24, 2.45) is 11.8 Å². The van der Waals surface area contributed by atoms with Gasteiger partial charge in [-0.3, -0.25) is 14.9 Å². The Bertz CT molecular complexity index is 530. The highest BCUT2D eigenvalue weighted by atomic mass is 16.5. The number of methoxy groups -OCH3 is 2. The SMILES string of the molecule is COC(=O)C1C(c2ccccc2)NC(C)(C(=O)OC)C1C. The first-order valence-electron chi connectivity index (χ1n) is 6.94. The fourth-order valence-electron chi connectivity index (χ4n) is 3.08. The van der Waals surface area contributed by atoms with Crippen LogP contribution in [0, 0.1) is 11.8 Å². The molecule has 0 radical (unpaired) electrons. The molecule has 0 bridgehead atoms. The van der Waals surface area contributed by atoms with Crippen molar-refractivity contribution in [2.75, 3.05) is 14.2 Å². The number of rotatable bonds is 3. The van der Waals surface area contributed by atoms with E-state index in [-0.39, 0.29) is 23.9 Å². The van der Waals surface area contributed by atoms with Crippen molar-refractivity contribution in [3.63, 3.8) is 0 Å². The zero-order valence-electron chi connectivity index (χ0n) is 12.8. The summed E-state index contributed by atoms with van der Waals surface area (Å²) in [5, 5.41) is 3.27. The number of hydrogen-bond acceptors (Lipinski definition) is 5. The fourth-order valence-corrected chi connectivity index (χ4v) is 3.08. The molecule has 1 saturated heterocycles. The molecule has 114 valence electrons. The van der Waals surface area contributed by atoms with Gasteiger partial charge in [-0.1, -0.05) is 37.3 Å². The Morgan fingerprint density at radius 3 is 2.29 bits per heavy atom. The average molecular weight is 291 g/mol. The van der Waals surface area contributed by atoms with Crippen LogP contribution in [0.5, 0.6) is 0 Å². The molecule has 5 heteroatoms. The molecule has 1 heterocycles. The van der Waals surface area contributed by atoms with Gasteiger partial charge in [0.2, 0.25) is 0 Å². The quantitative estimate of drug-likeness (QED) is 0.859. The minimum atomic E-state index is -0.923. The maximum atomic E-state index is 12.2. The first kappa shape index (κ1) is 15.5. The smallest absolute Gasteiger partial charge is 0.326 e. The summed E-state index contributed by atoms with van der Waals surface area (Å²) in [7, 11) is 2.72. The third-order valence-electron chi connectivity index (χ3n) is 4.51. The van der Waals surface area contributed by atoms with Gasteiger partial charge >= 0.3 is 11.9 Å². The lowest BCUT2D eigenvalue weighted by Gasteiger charge is -2.27. The molecular formula is C16H21NO4. The predicted molar refractivity (Wildman–Crippen MR) is 77.4 cm³/mol. The van der Waals surface area contributed by atoms with Crippen molar-refractivity contribution >= 4 is 11.9 Å². The van der Waals surface area contributed by atoms with Crippen molar-refractivity contribution in [1.82, 2.24) is 5.32 Å². The van der Waals surface area contributed by atoms with Crippen LogP contribution < -0.4 is 5.32 Å². The molecule has 1 aromatic rings. The number of esters is 2. The van der Waals surface area contributed by atoms with Crippen LogP contribution in [0.2, 0.25) is 0 Å². The first-order chi connectivity index (χ1) is 9.95. The number of ether oxygens (including phenoxy) is 2. The summed E-state index contributed by atoms with van der Waals surface area (Å²) in [6.07, 6.45) is 0. The van der Waals surface area contributed by atoms with E-state index in [1.54, 1.807) is 6.92 Å². The van der Waals surface area contributed by atoms with Crippen LogP contribution in [0.4, 0.5) is 0 Å². The Labute approximate surface area is 124 Å². The highest BCUT2D eigenvalue weighted by molar-refractivity contribution is 5.84. The molecule has 0 saturated carbocycles. The summed E-state index contributed by atoms with van der Waals surface area (Å²) < 4.78 is 9.83. The molecule has 4 atom stereocenters. The Morgan fingerprint density at radius 1 is 1.14 bits per heavy atom.